The van der Waals surface area contributed by atoms with Crippen molar-refractivity contribution >= 4 is 0 Å². The van der Waals surface area contributed by atoms with Crippen LogP contribution in [0, 0.1) is 5.92 Å². The van der Waals surface area contributed by atoms with Gasteiger partial charge >= 0.3 is 0 Å². The summed E-state index contributed by atoms with van der Waals surface area (Å²) in [6.07, 6.45) is 4.82. The van der Waals surface area contributed by atoms with Crippen molar-refractivity contribution in [1.29, 1.82) is 0 Å². The summed E-state index contributed by atoms with van der Waals surface area (Å²) in [5.74, 6) is 1.36. The Morgan fingerprint density at radius 3 is 3.18 bits per heavy atom. The van der Waals surface area contributed by atoms with E-state index in [2.05, 4.69) is 21.3 Å². The van der Waals surface area contributed by atoms with Gasteiger partial charge < -0.3 is 10.1 Å². The van der Waals surface area contributed by atoms with Crippen molar-refractivity contribution < 1.29 is 4.74 Å². The van der Waals surface area contributed by atoms with E-state index in [1.165, 1.54) is 24.1 Å². The van der Waals surface area contributed by atoms with Crippen LogP contribution in [-0.2, 0) is 17.8 Å². The zero-order chi connectivity index (χ0) is 11.7. The van der Waals surface area contributed by atoms with Gasteiger partial charge in [-0.05, 0) is 25.7 Å². The number of hydrogen-bond acceptors (Lipinski definition) is 3. The summed E-state index contributed by atoms with van der Waals surface area (Å²) in [5, 5.41) is 8.04. The SMILES string of the molecule is CCOC[C@H]1CNCc2c1cnn2CC1CC1. The molecule has 0 saturated heterocycles. The maximum atomic E-state index is 5.56. The van der Waals surface area contributed by atoms with Crippen molar-refractivity contribution in [2.45, 2.75) is 38.8 Å². The van der Waals surface area contributed by atoms with Crippen molar-refractivity contribution in [1.82, 2.24) is 15.1 Å². The molecule has 1 aliphatic carbocycles. The molecule has 0 bridgehead atoms. The van der Waals surface area contributed by atoms with Gasteiger partial charge in [-0.1, -0.05) is 0 Å². The third kappa shape index (κ3) is 2.38. The summed E-state index contributed by atoms with van der Waals surface area (Å²) in [7, 11) is 0. The standard InChI is InChI=1S/C13H21N3O/c1-2-17-9-11-5-14-7-13-12(11)6-15-16(13)8-10-3-4-10/h6,10-11,14H,2-5,7-9H2,1H3/t11-/m1/s1. The zero-order valence-electron chi connectivity index (χ0n) is 10.5. The largest absolute Gasteiger partial charge is 0.381 e. The normalized spacial score (nSPS) is 23.7. The Morgan fingerprint density at radius 2 is 2.41 bits per heavy atom. The van der Waals surface area contributed by atoms with Crippen LogP contribution in [0.3, 0.4) is 0 Å². The van der Waals surface area contributed by atoms with E-state index in [0.717, 1.165) is 38.8 Å². The molecule has 1 aliphatic heterocycles. The predicted molar refractivity (Wildman–Crippen MR) is 65.9 cm³/mol. The van der Waals surface area contributed by atoms with Crippen LogP contribution in [-0.4, -0.2) is 29.5 Å². The second-order valence-corrected chi connectivity index (χ2v) is 5.16. The summed E-state index contributed by atoms with van der Waals surface area (Å²) in [6.45, 7) is 6.74. The molecule has 1 aromatic heterocycles. The highest BCUT2D eigenvalue weighted by Crippen LogP contribution is 2.32. The second kappa shape index (κ2) is 4.78. The molecule has 3 rings (SSSR count). The van der Waals surface area contributed by atoms with Crippen molar-refractivity contribution in [2.75, 3.05) is 19.8 Å². The highest BCUT2D eigenvalue weighted by Gasteiger charge is 2.27. The van der Waals surface area contributed by atoms with Crippen molar-refractivity contribution in [3.8, 4) is 0 Å². The monoisotopic (exact) mass is 235 g/mol. The van der Waals surface area contributed by atoms with E-state index in [1.807, 2.05) is 6.92 Å². The Labute approximate surface area is 102 Å². The van der Waals surface area contributed by atoms with E-state index in [1.54, 1.807) is 0 Å². The van der Waals surface area contributed by atoms with Gasteiger partial charge in [0.2, 0.25) is 0 Å². The summed E-state index contributed by atoms with van der Waals surface area (Å²) >= 11 is 0. The molecule has 17 heavy (non-hydrogen) atoms. The molecule has 1 aromatic rings. The molecule has 0 unspecified atom stereocenters. The first-order valence-electron chi connectivity index (χ1n) is 6.71. The van der Waals surface area contributed by atoms with Gasteiger partial charge in [0.25, 0.3) is 0 Å². The molecule has 0 spiro atoms. The van der Waals surface area contributed by atoms with Gasteiger partial charge in [0.05, 0.1) is 18.5 Å². The quantitative estimate of drug-likeness (QED) is 0.841. The van der Waals surface area contributed by atoms with Crippen LogP contribution in [0.4, 0.5) is 0 Å². The van der Waals surface area contributed by atoms with Crippen LogP contribution in [0.5, 0.6) is 0 Å². The minimum absolute atomic E-state index is 0.478. The lowest BCUT2D eigenvalue weighted by molar-refractivity contribution is 0.129. The Hall–Kier alpha value is -0.870. The van der Waals surface area contributed by atoms with Gasteiger partial charge in [-0.2, -0.15) is 5.10 Å². The first kappa shape index (κ1) is 11.2. The van der Waals surface area contributed by atoms with Gasteiger partial charge in [0.1, 0.15) is 0 Å². The smallest absolute Gasteiger partial charge is 0.0558 e. The fourth-order valence-corrected chi connectivity index (χ4v) is 2.55. The molecule has 2 aliphatic rings. The highest BCUT2D eigenvalue weighted by molar-refractivity contribution is 5.25. The van der Waals surface area contributed by atoms with E-state index in [0.29, 0.717) is 5.92 Å². The summed E-state index contributed by atoms with van der Waals surface area (Å²) in [6, 6.07) is 0. The molecule has 0 aromatic carbocycles. The van der Waals surface area contributed by atoms with E-state index in [9.17, 15) is 0 Å². The lowest BCUT2D eigenvalue weighted by Crippen LogP contribution is -2.31. The minimum Gasteiger partial charge on any atom is -0.381 e. The molecule has 4 nitrogen and oxygen atoms in total. The highest BCUT2D eigenvalue weighted by atomic mass is 16.5. The summed E-state index contributed by atoms with van der Waals surface area (Å²) < 4.78 is 7.76. The number of ether oxygens (including phenoxy) is 1. The molecule has 0 amide bonds. The van der Waals surface area contributed by atoms with Crippen LogP contribution in [0.15, 0.2) is 6.20 Å². The maximum absolute atomic E-state index is 5.56. The fraction of sp³-hybridized carbons (Fsp3) is 0.769. The van der Waals surface area contributed by atoms with Gasteiger partial charge in [-0.3, -0.25) is 4.68 Å². The van der Waals surface area contributed by atoms with Crippen molar-refractivity contribution in [2.24, 2.45) is 5.92 Å². The van der Waals surface area contributed by atoms with E-state index in [-0.39, 0.29) is 0 Å². The molecule has 1 fully saturated rings. The third-order valence-electron chi connectivity index (χ3n) is 3.76. The third-order valence-corrected chi connectivity index (χ3v) is 3.76. The molecule has 0 radical (unpaired) electrons. The molecule has 2 heterocycles. The Morgan fingerprint density at radius 1 is 1.53 bits per heavy atom. The average Bonchev–Trinajstić information content (AvgIpc) is 3.07. The first-order chi connectivity index (χ1) is 8.38. The number of nitrogens with zero attached hydrogens (tertiary/aromatic N) is 2. The van der Waals surface area contributed by atoms with Crippen LogP contribution in [0.25, 0.3) is 0 Å². The maximum Gasteiger partial charge on any atom is 0.0558 e. The predicted octanol–water partition coefficient (Wildman–Crippen LogP) is 1.52. The number of aromatic nitrogens is 2. The van der Waals surface area contributed by atoms with E-state index >= 15 is 0 Å². The van der Waals surface area contributed by atoms with Gasteiger partial charge in [-0.25, -0.2) is 0 Å². The molecular weight excluding hydrogens is 214 g/mol. The molecular formula is C13H21N3O. The van der Waals surface area contributed by atoms with Crippen LogP contribution < -0.4 is 5.32 Å². The Bertz CT molecular complexity index is 384. The fourth-order valence-electron chi connectivity index (χ4n) is 2.55. The summed E-state index contributed by atoms with van der Waals surface area (Å²) in [5.41, 5.74) is 2.78. The van der Waals surface area contributed by atoms with E-state index in [4.69, 9.17) is 4.74 Å². The Kier molecular flexibility index (Phi) is 3.16. The lowest BCUT2D eigenvalue weighted by Gasteiger charge is -2.24. The van der Waals surface area contributed by atoms with Crippen molar-refractivity contribution in [3.63, 3.8) is 0 Å². The second-order valence-electron chi connectivity index (χ2n) is 5.16. The topological polar surface area (TPSA) is 39.1 Å². The number of fused-ring (bicyclic) bond motifs is 1. The molecule has 1 N–H and O–H groups in total. The van der Waals surface area contributed by atoms with Crippen LogP contribution in [0.1, 0.15) is 36.9 Å². The zero-order valence-corrected chi connectivity index (χ0v) is 10.5. The first-order valence-corrected chi connectivity index (χ1v) is 6.71. The number of hydrogen-bond donors (Lipinski definition) is 1. The number of rotatable bonds is 5. The molecule has 94 valence electrons. The van der Waals surface area contributed by atoms with Crippen LogP contribution in [0.2, 0.25) is 0 Å². The number of nitrogens with one attached hydrogen (secondary N) is 1. The molecule has 1 saturated carbocycles. The molecule has 1 atom stereocenters. The summed E-state index contributed by atoms with van der Waals surface area (Å²) in [4.78, 5) is 0. The van der Waals surface area contributed by atoms with Crippen LogP contribution >= 0.6 is 0 Å². The van der Waals surface area contributed by atoms with E-state index < -0.39 is 0 Å². The Balaban J connectivity index is 1.75. The van der Waals surface area contributed by atoms with Gasteiger partial charge in [0, 0.05) is 37.7 Å². The molecule has 4 heteroatoms. The van der Waals surface area contributed by atoms with Gasteiger partial charge in [0.15, 0.2) is 0 Å². The lowest BCUT2D eigenvalue weighted by atomic mass is 9.97. The van der Waals surface area contributed by atoms with Gasteiger partial charge in [-0.15, -0.1) is 0 Å². The van der Waals surface area contributed by atoms with Crippen molar-refractivity contribution in [3.05, 3.63) is 17.5 Å². The minimum atomic E-state index is 0.478. The average molecular weight is 235 g/mol.